The maximum absolute atomic E-state index is 11.6. The van der Waals surface area contributed by atoms with Crippen LogP contribution in [0.25, 0.3) is 5.69 Å². The molecular formula is C14H11N5O2. The van der Waals surface area contributed by atoms with E-state index in [0.717, 1.165) is 0 Å². The minimum absolute atomic E-state index is 0.0807. The normalized spacial score (nSPS) is 9.48. The van der Waals surface area contributed by atoms with Crippen molar-refractivity contribution in [2.45, 2.75) is 6.42 Å². The molecule has 0 radical (unpaired) electrons. The molecule has 2 rings (SSSR count). The van der Waals surface area contributed by atoms with Crippen molar-refractivity contribution in [3.8, 4) is 23.6 Å². The fourth-order valence-corrected chi connectivity index (χ4v) is 1.74. The molecule has 0 atom stereocenters. The van der Waals surface area contributed by atoms with Gasteiger partial charge in [0.2, 0.25) is 5.91 Å². The van der Waals surface area contributed by atoms with Crippen LogP contribution in [0.2, 0.25) is 0 Å². The van der Waals surface area contributed by atoms with Gasteiger partial charge in [0.1, 0.15) is 24.6 Å². The molecule has 1 aromatic carbocycles. The number of aromatic nitrogens is 2. The molecule has 7 nitrogen and oxygen atoms in total. The van der Waals surface area contributed by atoms with Crippen LogP contribution in [-0.2, 0) is 4.79 Å². The molecule has 1 heterocycles. The summed E-state index contributed by atoms with van der Waals surface area (Å²) in [4.78, 5) is 15.5. The Kier molecular flexibility index (Phi) is 4.17. The second-order valence-electron chi connectivity index (χ2n) is 4.00. The maximum Gasteiger partial charge on any atom is 0.239 e. The van der Waals surface area contributed by atoms with Gasteiger partial charge in [-0.05, 0) is 24.3 Å². The van der Waals surface area contributed by atoms with Gasteiger partial charge in [0.05, 0.1) is 13.2 Å². The molecule has 0 fully saturated rings. The first kappa shape index (κ1) is 14.1. The zero-order valence-electron chi connectivity index (χ0n) is 11.2. The number of hydrogen-bond acceptors (Lipinski definition) is 5. The molecule has 0 aliphatic rings. The lowest BCUT2D eigenvalue weighted by Gasteiger charge is -2.09. The van der Waals surface area contributed by atoms with Crippen molar-refractivity contribution in [1.29, 1.82) is 10.5 Å². The third-order valence-electron chi connectivity index (χ3n) is 2.72. The molecule has 1 N–H and O–H groups in total. The minimum atomic E-state index is -0.496. The minimum Gasteiger partial charge on any atom is -0.497 e. The average Bonchev–Trinajstić information content (AvgIpc) is 2.90. The molecule has 0 aliphatic heterocycles. The number of hydrogen-bond donors (Lipinski definition) is 1. The van der Waals surface area contributed by atoms with E-state index < -0.39 is 5.91 Å². The lowest BCUT2D eigenvalue weighted by atomic mass is 10.3. The van der Waals surface area contributed by atoms with Crippen LogP contribution >= 0.6 is 0 Å². The Labute approximate surface area is 121 Å². The maximum atomic E-state index is 11.6. The highest BCUT2D eigenvalue weighted by molar-refractivity contribution is 5.92. The summed E-state index contributed by atoms with van der Waals surface area (Å²) in [5.41, 5.74) is 0.786. The molecule has 1 amide bonds. The van der Waals surface area contributed by atoms with Crippen LogP contribution in [0, 0.1) is 22.7 Å². The molecule has 0 bridgehead atoms. The lowest BCUT2D eigenvalue weighted by Crippen LogP contribution is -2.14. The number of methoxy groups -OCH3 is 1. The van der Waals surface area contributed by atoms with Gasteiger partial charge in [-0.15, -0.1) is 0 Å². The Bertz CT molecular complexity index is 734. The summed E-state index contributed by atoms with van der Waals surface area (Å²) in [6.07, 6.45) is 1.14. The van der Waals surface area contributed by atoms with Gasteiger partial charge in [-0.3, -0.25) is 9.36 Å². The SMILES string of the molecule is COc1ccc(-n2cnc(C#N)c2NC(=O)CC#N)cc1. The zero-order valence-corrected chi connectivity index (χ0v) is 11.2. The summed E-state index contributed by atoms with van der Waals surface area (Å²) in [6.45, 7) is 0. The highest BCUT2D eigenvalue weighted by Gasteiger charge is 2.14. The molecular weight excluding hydrogens is 270 g/mol. The Morgan fingerprint density at radius 1 is 1.38 bits per heavy atom. The van der Waals surface area contributed by atoms with Crippen LogP contribution in [-0.4, -0.2) is 22.6 Å². The van der Waals surface area contributed by atoms with Crippen LogP contribution in [0.5, 0.6) is 5.75 Å². The van der Waals surface area contributed by atoms with Crippen molar-refractivity contribution in [1.82, 2.24) is 9.55 Å². The van der Waals surface area contributed by atoms with Gasteiger partial charge in [0.15, 0.2) is 11.5 Å². The fraction of sp³-hybridized carbons (Fsp3) is 0.143. The van der Waals surface area contributed by atoms with Crippen LogP contribution in [0.15, 0.2) is 30.6 Å². The Morgan fingerprint density at radius 3 is 2.67 bits per heavy atom. The molecule has 7 heteroatoms. The number of nitrogens with zero attached hydrogens (tertiary/aromatic N) is 4. The van der Waals surface area contributed by atoms with E-state index in [1.165, 1.54) is 6.33 Å². The number of anilines is 1. The summed E-state index contributed by atoms with van der Waals surface area (Å²) < 4.78 is 6.64. The second-order valence-corrected chi connectivity index (χ2v) is 4.00. The third-order valence-corrected chi connectivity index (χ3v) is 2.72. The summed E-state index contributed by atoms with van der Waals surface area (Å²) in [5, 5.41) is 20.1. The van der Waals surface area contributed by atoms with Gasteiger partial charge < -0.3 is 10.1 Å². The van der Waals surface area contributed by atoms with E-state index in [1.807, 2.05) is 6.07 Å². The van der Waals surface area contributed by atoms with Crippen molar-refractivity contribution in [2.75, 3.05) is 12.4 Å². The topological polar surface area (TPSA) is 104 Å². The largest absolute Gasteiger partial charge is 0.497 e. The van der Waals surface area contributed by atoms with Crippen molar-refractivity contribution in [2.24, 2.45) is 0 Å². The number of imidazole rings is 1. The third kappa shape index (κ3) is 2.99. The standard InChI is InChI=1S/C14H11N5O2/c1-21-11-4-2-10(3-5-11)19-9-17-12(8-16)14(19)18-13(20)6-7-15/h2-5,9H,6H2,1H3,(H,18,20). The summed E-state index contributed by atoms with van der Waals surface area (Å²) >= 11 is 0. The number of nitriles is 2. The van der Waals surface area contributed by atoms with Crippen LogP contribution in [0.1, 0.15) is 12.1 Å². The van der Waals surface area contributed by atoms with E-state index in [1.54, 1.807) is 42.0 Å². The number of nitrogens with one attached hydrogen (secondary N) is 1. The molecule has 1 aromatic heterocycles. The van der Waals surface area contributed by atoms with Gasteiger partial charge in [-0.1, -0.05) is 0 Å². The number of rotatable bonds is 4. The average molecular weight is 281 g/mol. The molecule has 0 saturated carbocycles. The first-order valence-electron chi connectivity index (χ1n) is 5.98. The molecule has 2 aromatic rings. The smallest absolute Gasteiger partial charge is 0.239 e. The van der Waals surface area contributed by atoms with Crippen molar-refractivity contribution >= 4 is 11.7 Å². The molecule has 0 unspecified atom stereocenters. The second kappa shape index (κ2) is 6.22. The summed E-state index contributed by atoms with van der Waals surface area (Å²) in [5.74, 6) is 0.432. The van der Waals surface area contributed by atoms with E-state index in [2.05, 4.69) is 10.3 Å². The van der Waals surface area contributed by atoms with Gasteiger partial charge in [-0.25, -0.2) is 4.98 Å². The van der Waals surface area contributed by atoms with Crippen molar-refractivity contribution < 1.29 is 9.53 Å². The molecule has 0 spiro atoms. The van der Waals surface area contributed by atoms with E-state index in [9.17, 15) is 4.79 Å². The number of carbonyl (C=O) groups is 1. The predicted octanol–water partition coefficient (Wildman–Crippen LogP) is 1.60. The van der Waals surface area contributed by atoms with Gasteiger partial charge in [0.25, 0.3) is 0 Å². The fourth-order valence-electron chi connectivity index (χ4n) is 1.74. The van der Waals surface area contributed by atoms with Gasteiger partial charge in [-0.2, -0.15) is 10.5 Å². The summed E-state index contributed by atoms with van der Waals surface area (Å²) in [7, 11) is 1.56. The van der Waals surface area contributed by atoms with Gasteiger partial charge in [0, 0.05) is 5.69 Å². The Hall–Kier alpha value is -3.32. The highest BCUT2D eigenvalue weighted by atomic mass is 16.5. The van der Waals surface area contributed by atoms with E-state index in [0.29, 0.717) is 11.4 Å². The quantitative estimate of drug-likeness (QED) is 0.916. The van der Waals surface area contributed by atoms with Crippen LogP contribution in [0.4, 0.5) is 5.82 Å². The number of benzene rings is 1. The predicted molar refractivity (Wildman–Crippen MR) is 73.7 cm³/mol. The highest BCUT2D eigenvalue weighted by Crippen LogP contribution is 2.22. The zero-order chi connectivity index (χ0) is 15.2. The number of ether oxygens (including phenoxy) is 1. The van der Waals surface area contributed by atoms with Crippen molar-refractivity contribution in [3.05, 3.63) is 36.3 Å². The van der Waals surface area contributed by atoms with Gasteiger partial charge >= 0.3 is 0 Å². The number of carbonyl (C=O) groups excluding carboxylic acids is 1. The van der Waals surface area contributed by atoms with Crippen LogP contribution < -0.4 is 10.1 Å². The first-order valence-corrected chi connectivity index (χ1v) is 5.98. The Morgan fingerprint density at radius 2 is 2.10 bits per heavy atom. The molecule has 0 aliphatic carbocycles. The number of amides is 1. The van der Waals surface area contributed by atoms with E-state index in [4.69, 9.17) is 15.3 Å². The monoisotopic (exact) mass is 281 g/mol. The lowest BCUT2D eigenvalue weighted by molar-refractivity contribution is -0.115. The van der Waals surface area contributed by atoms with Crippen LogP contribution in [0.3, 0.4) is 0 Å². The summed E-state index contributed by atoms with van der Waals surface area (Å²) in [6, 6.07) is 10.7. The molecule has 0 saturated heterocycles. The van der Waals surface area contributed by atoms with Crippen molar-refractivity contribution in [3.63, 3.8) is 0 Å². The van der Waals surface area contributed by atoms with E-state index >= 15 is 0 Å². The first-order chi connectivity index (χ1) is 10.2. The molecule has 21 heavy (non-hydrogen) atoms. The molecule has 104 valence electrons. The van der Waals surface area contributed by atoms with E-state index in [-0.39, 0.29) is 17.9 Å². The Balaban J connectivity index is 2.39.